The molecule has 0 N–H and O–H groups in total. The Morgan fingerprint density at radius 3 is 2.96 bits per heavy atom. The standard InChI is InChI=1S/C18H20N2O3S/c1-3-20(17(21)8-7-15-12-24-13(2)19-15)11-14-5-4-6-16-18(14)23-10-9-22-16/h4-8,12H,3,9-11H2,1-2H3/b8-7+. The van der Waals surface area contributed by atoms with Crippen LogP contribution in [0.15, 0.2) is 29.7 Å². The molecule has 6 heteroatoms. The first kappa shape index (κ1) is 16.5. The summed E-state index contributed by atoms with van der Waals surface area (Å²) in [7, 11) is 0. The quantitative estimate of drug-likeness (QED) is 0.781. The van der Waals surface area contributed by atoms with Crippen molar-refractivity contribution in [1.82, 2.24) is 9.88 Å². The predicted molar refractivity (Wildman–Crippen MR) is 94.4 cm³/mol. The topological polar surface area (TPSA) is 51.7 Å². The molecule has 0 atom stereocenters. The smallest absolute Gasteiger partial charge is 0.246 e. The number of hydrogen-bond acceptors (Lipinski definition) is 5. The molecule has 1 aliphatic heterocycles. The second-order valence-corrected chi connectivity index (χ2v) is 6.48. The molecule has 3 rings (SSSR count). The fourth-order valence-electron chi connectivity index (χ4n) is 2.53. The van der Waals surface area contributed by atoms with Gasteiger partial charge in [0, 0.05) is 30.1 Å². The number of aromatic nitrogens is 1. The highest BCUT2D eigenvalue weighted by atomic mass is 32.1. The number of amides is 1. The third-order valence-corrected chi connectivity index (χ3v) is 4.53. The molecule has 126 valence electrons. The summed E-state index contributed by atoms with van der Waals surface area (Å²) < 4.78 is 11.3. The van der Waals surface area contributed by atoms with Crippen LogP contribution in [-0.4, -0.2) is 35.5 Å². The van der Waals surface area contributed by atoms with Gasteiger partial charge in [0.15, 0.2) is 11.5 Å². The lowest BCUT2D eigenvalue weighted by Crippen LogP contribution is -2.29. The van der Waals surface area contributed by atoms with Gasteiger partial charge in [-0.05, 0) is 26.0 Å². The number of likely N-dealkylation sites (N-methyl/N-ethyl adjacent to an activating group) is 1. The Morgan fingerprint density at radius 2 is 2.21 bits per heavy atom. The molecular weight excluding hydrogens is 324 g/mol. The van der Waals surface area contributed by atoms with E-state index >= 15 is 0 Å². The molecule has 24 heavy (non-hydrogen) atoms. The maximum atomic E-state index is 12.5. The van der Waals surface area contributed by atoms with Crippen LogP contribution < -0.4 is 9.47 Å². The van der Waals surface area contributed by atoms with Crippen LogP contribution in [0.5, 0.6) is 11.5 Å². The summed E-state index contributed by atoms with van der Waals surface area (Å²) in [5.74, 6) is 1.45. The number of thiazole rings is 1. The van der Waals surface area contributed by atoms with Gasteiger partial charge in [-0.2, -0.15) is 0 Å². The van der Waals surface area contributed by atoms with Crippen LogP contribution in [-0.2, 0) is 11.3 Å². The first-order chi connectivity index (χ1) is 11.7. The Kier molecular flexibility index (Phi) is 5.15. The number of ether oxygens (including phenoxy) is 2. The molecule has 1 aliphatic rings. The molecule has 2 aromatic rings. The van der Waals surface area contributed by atoms with E-state index in [4.69, 9.17) is 9.47 Å². The number of benzene rings is 1. The van der Waals surface area contributed by atoms with Crippen LogP contribution in [0.3, 0.4) is 0 Å². The largest absolute Gasteiger partial charge is 0.486 e. The molecule has 1 amide bonds. The van der Waals surface area contributed by atoms with Crippen LogP contribution in [0.4, 0.5) is 0 Å². The minimum atomic E-state index is -0.0440. The molecular formula is C18H20N2O3S. The Morgan fingerprint density at radius 1 is 1.38 bits per heavy atom. The number of hydrogen-bond donors (Lipinski definition) is 0. The molecule has 2 heterocycles. The molecule has 0 fully saturated rings. The Bertz CT molecular complexity index is 754. The Labute approximate surface area is 145 Å². The first-order valence-electron chi connectivity index (χ1n) is 7.94. The maximum Gasteiger partial charge on any atom is 0.246 e. The van der Waals surface area contributed by atoms with Crippen molar-refractivity contribution in [3.8, 4) is 11.5 Å². The highest BCUT2D eigenvalue weighted by molar-refractivity contribution is 7.09. The zero-order chi connectivity index (χ0) is 16.9. The van der Waals surface area contributed by atoms with Gasteiger partial charge in [-0.3, -0.25) is 4.79 Å². The molecule has 0 saturated heterocycles. The number of para-hydroxylation sites is 1. The summed E-state index contributed by atoms with van der Waals surface area (Å²) in [4.78, 5) is 18.6. The normalized spacial score (nSPS) is 13.2. The average molecular weight is 344 g/mol. The van der Waals surface area contributed by atoms with Gasteiger partial charge in [-0.1, -0.05) is 12.1 Å². The number of carbonyl (C=O) groups is 1. The highest BCUT2D eigenvalue weighted by Crippen LogP contribution is 2.34. The van der Waals surface area contributed by atoms with Crippen molar-refractivity contribution >= 4 is 23.3 Å². The van der Waals surface area contributed by atoms with Crippen LogP contribution in [0, 0.1) is 6.92 Å². The van der Waals surface area contributed by atoms with E-state index in [0.29, 0.717) is 26.3 Å². The van der Waals surface area contributed by atoms with E-state index in [1.54, 1.807) is 28.4 Å². The third-order valence-electron chi connectivity index (χ3n) is 3.74. The summed E-state index contributed by atoms with van der Waals surface area (Å²) in [6, 6.07) is 5.78. The molecule has 0 bridgehead atoms. The fraction of sp³-hybridized carbons (Fsp3) is 0.333. The molecule has 5 nitrogen and oxygen atoms in total. The Hall–Kier alpha value is -2.34. The highest BCUT2D eigenvalue weighted by Gasteiger charge is 2.18. The molecule has 0 radical (unpaired) electrons. The zero-order valence-electron chi connectivity index (χ0n) is 13.8. The van der Waals surface area contributed by atoms with E-state index in [1.165, 1.54) is 0 Å². The van der Waals surface area contributed by atoms with Crippen molar-refractivity contribution in [3.05, 3.63) is 45.9 Å². The third kappa shape index (κ3) is 3.76. The predicted octanol–water partition coefficient (Wildman–Crippen LogP) is 3.28. The summed E-state index contributed by atoms with van der Waals surface area (Å²) >= 11 is 1.57. The summed E-state index contributed by atoms with van der Waals surface area (Å²) in [6.07, 6.45) is 3.33. The lowest BCUT2D eigenvalue weighted by Gasteiger charge is -2.24. The zero-order valence-corrected chi connectivity index (χ0v) is 14.6. The summed E-state index contributed by atoms with van der Waals surface area (Å²) in [5.41, 5.74) is 1.77. The Balaban J connectivity index is 1.72. The molecule has 0 saturated carbocycles. The lowest BCUT2D eigenvalue weighted by molar-refractivity contribution is -0.126. The first-order valence-corrected chi connectivity index (χ1v) is 8.82. The summed E-state index contributed by atoms with van der Waals surface area (Å²) in [6.45, 7) is 6.11. The number of aryl methyl sites for hydroxylation is 1. The van der Waals surface area contributed by atoms with Gasteiger partial charge in [0.1, 0.15) is 13.2 Å². The van der Waals surface area contributed by atoms with Crippen LogP contribution >= 0.6 is 11.3 Å². The number of fused-ring (bicyclic) bond motifs is 1. The van der Waals surface area contributed by atoms with E-state index in [2.05, 4.69) is 4.98 Å². The minimum absolute atomic E-state index is 0.0440. The number of rotatable bonds is 5. The van der Waals surface area contributed by atoms with Gasteiger partial charge in [-0.25, -0.2) is 4.98 Å². The van der Waals surface area contributed by atoms with Crippen LogP contribution in [0.2, 0.25) is 0 Å². The molecule has 0 spiro atoms. The number of nitrogens with zero attached hydrogens (tertiary/aromatic N) is 2. The molecule has 0 aliphatic carbocycles. The van der Waals surface area contributed by atoms with Crippen molar-refractivity contribution in [2.75, 3.05) is 19.8 Å². The van der Waals surface area contributed by atoms with Crippen molar-refractivity contribution in [1.29, 1.82) is 0 Å². The van der Waals surface area contributed by atoms with Crippen molar-refractivity contribution < 1.29 is 14.3 Å². The van der Waals surface area contributed by atoms with Gasteiger partial charge >= 0.3 is 0 Å². The van der Waals surface area contributed by atoms with E-state index in [-0.39, 0.29) is 5.91 Å². The molecule has 1 aromatic heterocycles. The van der Waals surface area contributed by atoms with Gasteiger partial charge in [-0.15, -0.1) is 11.3 Å². The molecule has 1 aromatic carbocycles. The monoisotopic (exact) mass is 344 g/mol. The van der Waals surface area contributed by atoms with E-state index < -0.39 is 0 Å². The van der Waals surface area contributed by atoms with Gasteiger partial charge in [0.05, 0.1) is 10.7 Å². The second-order valence-electron chi connectivity index (χ2n) is 5.42. The van der Waals surface area contributed by atoms with Crippen LogP contribution in [0.1, 0.15) is 23.2 Å². The summed E-state index contributed by atoms with van der Waals surface area (Å²) in [5, 5.41) is 2.93. The van der Waals surface area contributed by atoms with E-state index in [1.807, 2.05) is 37.4 Å². The van der Waals surface area contributed by atoms with Gasteiger partial charge in [0.25, 0.3) is 0 Å². The van der Waals surface area contributed by atoms with Gasteiger partial charge < -0.3 is 14.4 Å². The van der Waals surface area contributed by atoms with Crippen molar-refractivity contribution in [2.45, 2.75) is 20.4 Å². The second kappa shape index (κ2) is 7.49. The number of carbonyl (C=O) groups excluding carboxylic acids is 1. The fourth-order valence-corrected chi connectivity index (χ4v) is 3.11. The van der Waals surface area contributed by atoms with E-state index in [9.17, 15) is 4.79 Å². The minimum Gasteiger partial charge on any atom is -0.486 e. The SMILES string of the molecule is CCN(Cc1cccc2c1OCCO2)C(=O)/C=C/c1csc(C)n1. The maximum absolute atomic E-state index is 12.5. The van der Waals surface area contributed by atoms with E-state index in [0.717, 1.165) is 27.8 Å². The van der Waals surface area contributed by atoms with Crippen LogP contribution in [0.25, 0.3) is 6.08 Å². The lowest BCUT2D eigenvalue weighted by atomic mass is 10.1. The van der Waals surface area contributed by atoms with Gasteiger partial charge in [0.2, 0.25) is 5.91 Å². The average Bonchev–Trinajstić information content (AvgIpc) is 3.03. The molecule has 0 unspecified atom stereocenters. The van der Waals surface area contributed by atoms with Crippen molar-refractivity contribution in [3.63, 3.8) is 0 Å². The van der Waals surface area contributed by atoms with Crippen molar-refractivity contribution in [2.24, 2.45) is 0 Å².